The van der Waals surface area contributed by atoms with Crippen molar-refractivity contribution in [3.8, 4) is 0 Å². The Morgan fingerprint density at radius 2 is 1.86 bits per heavy atom. The van der Waals surface area contributed by atoms with E-state index in [4.69, 9.17) is 5.73 Å². The molecule has 1 heterocycles. The minimum atomic E-state index is -0.591. The summed E-state index contributed by atoms with van der Waals surface area (Å²) in [7, 11) is 0. The Labute approximate surface area is 166 Å². The van der Waals surface area contributed by atoms with E-state index in [1.165, 1.54) is 18.2 Å². The number of hydrogen-bond donors (Lipinski definition) is 2. The maximum absolute atomic E-state index is 14.5. The molecule has 0 bridgehead atoms. The maximum Gasteiger partial charge on any atom is 0.184 e. The molecule has 2 aromatic rings. The van der Waals surface area contributed by atoms with Crippen LogP contribution in [-0.4, -0.2) is 42.4 Å². The van der Waals surface area contributed by atoms with Crippen molar-refractivity contribution in [2.75, 3.05) is 31.1 Å². The molecule has 0 radical (unpaired) electrons. The highest BCUT2D eigenvalue weighted by atomic mass is 32.1. The second kappa shape index (κ2) is 9.03. The normalized spacial score (nSPS) is 15.2. The van der Waals surface area contributed by atoms with Gasteiger partial charge in [0.25, 0.3) is 0 Å². The third kappa shape index (κ3) is 5.20. The first-order valence-electron chi connectivity index (χ1n) is 8.71. The molecule has 148 valence electrons. The van der Waals surface area contributed by atoms with E-state index in [0.717, 1.165) is 17.8 Å². The minimum absolute atomic E-state index is 0.00487. The number of benzene rings is 2. The Bertz CT molecular complexity index is 882. The molecule has 1 fully saturated rings. The Morgan fingerprint density at radius 3 is 2.54 bits per heavy atom. The van der Waals surface area contributed by atoms with Gasteiger partial charge in [-0.3, -0.25) is 10.3 Å². The largest absolute Gasteiger partial charge is 0.375 e. The highest BCUT2D eigenvalue weighted by molar-refractivity contribution is 7.80. The van der Waals surface area contributed by atoms with Gasteiger partial charge in [-0.15, -0.1) is 0 Å². The molecule has 9 heteroatoms. The standard InChI is InChI=1S/C19H20F3N5S/c20-15-3-1-2-13(8-15)12-26-4-6-27(7-5-26)18-10-16(21)14(9-17(18)22)11-24-25-19(23)28/h1-3,8-11H,4-7,12H2,(H3,23,25,28)/b24-11+. The first kappa shape index (κ1) is 20.1. The minimum Gasteiger partial charge on any atom is -0.375 e. The molecule has 3 rings (SSSR count). The van der Waals surface area contributed by atoms with Crippen LogP contribution >= 0.6 is 12.2 Å². The van der Waals surface area contributed by atoms with E-state index in [1.54, 1.807) is 11.0 Å². The lowest BCUT2D eigenvalue weighted by molar-refractivity contribution is 0.249. The molecule has 28 heavy (non-hydrogen) atoms. The molecule has 3 N–H and O–H groups in total. The number of nitrogens with zero attached hydrogens (tertiary/aromatic N) is 3. The summed E-state index contributed by atoms with van der Waals surface area (Å²) in [5, 5.41) is 3.58. The topological polar surface area (TPSA) is 56.9 Å². The van der Waals surface area contributed by atoms with Gasteiger partial charge in [0.2, 0.25) is 0 Å². The molecule has 1 aliphatic rings. The number of piperazine rings is 1. The van der Waals surface area contributed by atoms with Crippen molar-refractivity contribution in [1.29, 1.82) is 0 Å². The highest BCUT2D eigenvalue weighted by Gasteiger charge is 2.21. The average Bonchev–Trinajstić information content (AvgIpc) is 2.65. The third-order valence-electron chi connectivity index (χ3n) is 4.45. The van der Waals surface area contributed by atoms with Gasteiger partial charge in [-0.2, -0.15) is 5.10 Å². The van der Waals surface area contributed by atoms with Crippen LogP contribution in [0.5, 0.6) is 0 Å². The van der Waals surface area contributed by atoms with Gasteiger partial charge in [-0.1, -0.05) is 12.1 Å². The highest BCUT2D eigenvalue weighted by Crippen LogP contribution is 2.24. The number of nitrogens with two attached hydrogens (primary N) is 1. The molecule has 0 aliphatic carbocycles. The zero-order chi connectivity index (χ0) is 20.1. The van der Waals surface area contributed by atoms with Crippen molar-refractivity contribution in [2.45, 2.75) is 6.54 Å². The van der Waals surface area contributed by atoms with Gasteiger partial charge < -0.3 is 10.6 Å². The molecule has 0 atom stereocenters. The Kier molecular flexibility index (Phi) is 6.48. The first-order chi connectivity index (χ1) is 13.4. The van der Waals surface area contributed by atoms with Crippen LogP contribution < -0.4 is 16.1 Å². The number of thiocarbonyl (C=S) groups is 1. The monoisotopic (exact) mass is 407 g/mol. The van der Waals surface area contributed by atoms with E-state index in [-0.39, 0.29) is 22.2 Å². The van der Waals surface area contributed by atoms with Crippen molar-refractivity contribution in [3.63, 3.8) is 0 Å². The maximum atomic E-state index is 14.5. The zero-order valence-electron chi connectivity index (χ0n) is 15.0. The quantitative estimate of drug-likeness (QED) is 0.453. The van der Waals surface area contributed by atoms with E-state index < -0.39 is 11.6 Å². The molecule has 5 nitrogen and oxygen atoms in total. The predicted octanol–water partition coefficient (Wildman–Crippen LogP) is 2.59. The molecular formula is C19H20F3N5S. The molecule has 0 amide bonds. The summed E-state index contributed by atoms with van der Waals surface area (Å²) in [6, 6.07) is 8.73. The number of halogens is 3. The zero-order valence-corrected chi connectivity index (χ0v) is 15.9. The lowest BCUT2D eigenvalue weighted by Gasteiger charge is -2.36. The number of rotatable bonds is 5. The van der Waals surface area contributed by atoms with E-state index in [1.807, 2.05) is 6.07 Å². The van der Waals surface area contributed by atoms with Gasteiger partial charge in [0.05, 0.1) is 11.9 Å². The van der Waals surface area contributed by atoms with Crippen molar-refractivity contribution in [2.24, 2.45) is 10.8 Å². The van der Waals surface area contributed by atoms with Gasteiger partial charge >= 0.3 is 0 Å². The lowest BCUT2D eigenvalue weighted by Crippen LogP contribution is -2.46. The molecule has 1 aliphatic heterocycles. The molecule has 0 saturated carbocycles. The van der Waals surface area contributed by atoms with Gasteiger partial charge in [-0.25, -0.2) is 13.2 Å². The predicted molar refractivity (Wildman–Crippen MR) is 108 cm³/mol. The second-order valence-electron chi connectivity index (χ2n) is 6.45. The Morgan fingerprint density at radius 1 is 1.11 bits per heavy atom. The number of hydrogen-bond acceptors (Lipinski definition) is 4. The fourth-order valence-corrected chi connectivity index (χ4v) is 3.15. The van der Waals surface area contributed by atoms with E-state index in [0.29, 0.717) is 32.7 Å². The van der Waals surface area contributed by atoms with Gasteiger partial charge in [0, 0.05) is 44.4 Å². The summed E-state index contributed by atoms with van der Waals surface area (Å²) in [5.41, 5.74) is 8.61. The smallest absolute Gasteiger partial charge is 0.184 e. The summed E-state index contributed by atoms with van der Waals surface area (Å²) in [4.78, 5) is 3.95. The summed E-state index contributed by atoms with van der Waals surface area (Å²) < 4.78 is 42.1. The molecule has 0 spiro atoms. The molecule has 2 aromatic carbocycles. The molecule has 0 aromatic heterocycles. The third-order valence-corrected chi connectivity index (χ3v) is 4.54. The van der Waals surface area contributed by atoms with E-state index >= 15 is 0 Å². The van der Waals surface area contributed by atoms with Crippen molar-refractivity contribution < 1.29 is 13.2 Å². The summed E-state index contributed by atoms with van der Waals surface area (Å²) in [6.07, 6.45) is 1.12. The van der Waals surface area contributed by atoms with Crippen LogP contribution in [0, 0.1) is 17.5 Å². The van der Waals surface area contributed by atoms with Gasteiger partial charge in [0.1, 0.15) is 17.5 Å². The van der Waals surface area contributed by atoms with Crippen molar-refractivity contribution in [3.05, 3.63) is 65.0 Å². The van der Waals surface area contributed by atoms with E-state index in [9.17, 15) is 13.2 Å². The molecular weight excluding hydrogens is 387 g/mol. The first-order valence-corrected chi connectivity index (χ1v) is 9.12. The van der Waals surface area contributed by atoms with Crippen molar-refractivity contribution >= 4 is 29.2 Å². The van der Waals surface area contributed by atoms with Gasteiger partial charge in [-0.05, 0) is 36.0 Å². The fraction of sp³-hybridized carbons (Fsp3) is 0.263. The number of hydrazone groups is 1. The van der Waals surface area contributed by atoms with Crippen molar-refractivity contribution in [1.82, 2.24) is 10.3 Å². The Balaban J connectivity index is 1.63. The average molecular weight is 407 g/mol. The van der Waals surface area contributed by atoms with Crippen LogP contribution in [0.4, 0.5) is 18.9 Å². The lowest BCUT2D eigenvalue weighted by atomic mass is 10.1. The van der Waals surface area contributed by atoms with Crippen LogP contribution in [-0.2, 0) is 6.54 Å². The van der Waals surface area contributed by atoms with Crippen LogP contribution in [0.2, 0.25) is 0 Å². The number of anilines is 1. The number of nitrogens with one attached hydrogen (secondary N) is 1. The second-order valence-corrected chi connectivity index (χ2v) is 6.89. The van der Waals surface area contributed by atoms with Crippen LogP contribution in [0.15, 0.2) is 41.5 Å². The summed E-state index contributed by atoms with van der Waals surface area (Å²) in [5.74, 6) is -1.38. The Hall–Kier alpha value is -2.65. The molecule has 1 saturated heterocycles. The fourth-order valence-electron chi connectivity index (χ4n) is 3.10. The van der Waals surface area contributed by atoms with Crippen LogP contribution in [0.25, 0.3) is 0 Å². The van der Waals surface area contributed by atoms with Crippen LogP contribution in [0.1, 0.15) is 11.1 Å². The van der Waals surface area contributed by atoms with Gasteiger partial charge in [0.15, 0.2) is 5.11 Å². The molecule has 0 unspecified atom stereocenters. The van der Waals surface area contributed by atoms with Crippen LogP contribution in [0.3, 0.4) is 0 Å². The summed E-state index contributed by atoms with van der Waals surface area (Å²) in [6.45, 7) is 3.04. The van der Waals surface area contributed by atoms with E-state index in [2.05, 4.69) is 27.6 Å². The summed E-state index contributed by atoms with van der Waals surface area (Å²) >= 11 is 4.59. The SMILES string of the molecule is NC(=S)N/N=C/c1cc(F)c(N2CCN(Cc3cccc(F)c3)CC2)cc1F.